The fourth-order valence-electron chi connectivity index (χ4n) is 7.55. The highest BCUT2D eigenvalue weighted by atomic mass is 16.5. The molecule has 0 radical (unpaired) electrons. The molecule has 2 saturated carbocycles. The zero-order chi connectivity index (χ0) is 23.2. The number of ketones is 2. The van der Waals surface area contributed by atoms with Crippen molar-refractivity contribution in [1.29, 1.82) is 0 Å². The Morgan fingerprint density at radius 1 is 1.03 bits per heavy atom. The molecule has 4 aliphatic rings. The van der Waals surface area contributed by atoms with Crippen LogP contribution in [0.25, 0.3) is 0 Å². The van der Waals surface area contributed by atoms with Gasteiger partial charge in [0.1, 0.15) is 6.61 Å². The summed E-state index contributed by atoms with van der Waals surface area (Å²) >= 11 is 0. The first kappa shape index (κ1) is 22.3. The predicted octanol–water partition coefficient (Wildman–Crippen LogP) is 5.61. The number of ether oxygens (including phenoxy) is 1. The van der Waals surface area contributed by atoms with E-state index >= 15 is 0 Å². The van der Waals surface area contributed by atoms with Gasteiger partial charge in [0.2, 0.25) is 5.78 Å². The van der Waals surface area contributed by atoms with Gasteiger partial charge >= 0.3 is 5.97 Å². The van der Waals surface area contributed by atoms with E-state index in [2.05, 4.69) is 26.0 Å². The summed E-state index contributed by atoms with van der Waals surface area (Å²) in [6.45, 7) is 4.84. The molecule has 0 bridgehead atoms. The molecule has 0 amide bonds. The van der Waals surface area contributed by atoms with Crippen molar-refractivity contribution in [2.24, 2.45) is 34.5 Å². The molecule has 0 spiro atoms. The van der Waals surface area contributed by atoms with Crippen LogP contribution in [0.2, 0.25) is 0 Å². The number of Topliss-reactive ketones (excluding diaryl/α,β-unsaturated/α-hetero) is 1. The SMILES string of the molecule is C[C@]12CCC(=O)C=C1C=CC1C2CC[C@@]2(C)C1CC[C@@H]2CC(=O)C(=O)OCc1ccccc1. The van der Waals surface area contributed by atoms with Crippen molar-refractivity contribution in [3.05, 3.63) is 59.7 Å². The van der Waals surface area contributed by atoms with E-state index in [1.807, 2.05) is 36.4 Å². The van der Waals surface area contributed by atoms with E-state index in [0.717, 1.165) is 37.7 Å². The lowest BCUT2D eigenvalue weighted by Crippen LogP contribution is -2.49. The standard InChI is InChI=1S/C29H34O4/c1-28-14-12-22(30)16-20(28)8-10-23-24-11-9-21(29(24,2)15-13-25(23)28)17-26(31)27(32)33-18-19-6-4-3-5-7-19/h3-8,10,16,21,23-25H,9,11-15,17-18H2,1-2H3/t21-,23?,24?,25?,28+,29-/m1/s1. The monoisotopic (exact) mass is 446 g/mol. The van der Waals surface area contributed by atoms with Crippen molar-refractivity contribution in [2.45, 2.75) is 65.4 Å². The summed E-state index contributed by atoms with van der Waals surface area (Å²) in [6, 6.07) is 9.48. The van der Waals surface area contributed by atoms with Crippen LogP contribution in [0.5, 0.6) is 0 Å². The molecule has 4 nitrogen and oxygen atoms in total. The van der Waals surface area contributed by atoms with E-state index < -0.39 is 5.97 Å². The van der Waals surface area contributed by atoms with Gasteiger partial charge in [-0.3, -0.25) is 9.59 Å². The average Bonchev–Trinajstić information content (AvgIpc) is 3.14. The molecule has 1 aromatic carbocycles. The average molecular weight is 447 g/mol. The molecule has 0 N–H and O–H groups in total. The summed E-state index contributed by atoms with van der Waals surface area (Å²) in [6.07, 6.45) is 12.6. The van der Waals surface area contributed by atoms with Gasteiger partial charge in [-0.2, -0.15) is 0 Å². The van der Waals surface area contributed by atoms with Gasteiger partial charge in [-0.25, -0.2) is 4.79 Å². The Bertz CT molecular complexity index is 1020. The number of carbonyl (C=O) groups excluding carboxylic acids is 3. The van der Waals surface area contributed by atoms with Gasteiger partial charge in [0, 0.05) is 12.8 Å². The molecule has 5 rings (SSSR count). The van der Waals surface area contributed by atoms with Gasteiger partial charge < -0.3 is 4.74 Å². The van der Waals surface area contributed by atoms with E-state index in [-0.39, 0.29) is 34.9 Å². The van der Waals surface area contributed by atoms with Crippen molar-refractivity contribution in [1.82, 2.24) is 0 Å². The van der Waals surface area contributed by atoms with Crippen LogP contribution in [0, 0.1) is 34.5 Å². The highest BCUT2D eigenvalue weighted by Gasteiger charge is 2.58. The maximum Gasteiger partial charge on any atom is 0.374 e. The molecule has 6 atom stereocenters. The summed E-state index contributed by atoms with van der Waals surface area (Å²) in [5.41, 5.74) is 2.27. The number of benzene rings is 1. The summed E-state index contributed by atoms with van der Waals surface area (Å²) in [5.74, 6) is 0.973. The number of rotatable bonds is 5. The minimum absolute atomic E-state index is 0.0724. The third-order valence-electron chi connectivity index (χ3n) is 9.58. The molecular weight excluding hydrogens is 412 g/mol. The van der Waals surface area contributed by atoms with Gasteiger partial charge in [0.25, 0.3) is 0 Å². The van der Waals surface area contributed by atoms with Crippen molar-refractivity contribution in [3.8, 4) is 0 Å². The van der Waals surface area contributed by atoms with Crippen LogP contribution in [0.3, 0.4) is 0 Å². The molecule has 4 heteroatoms. The van der Waals surface area contributed by atoms with Crippen LogP contribution in [0.15, 0.2) is 54.1 Å². The molecule has 3 unspecified atom stereocenters. The summed E-state index contributed by atoms with van der Waals surface area (Å²) in [4.78, 5) is 37.2. The second-order valence-corrected chi connectivity index (χ2v) is 11.1. The lowest BCUT2D eigenvalue weighted by atomic mass is 9.48. The second-order valence-electron chi connectivity index (χ2n) is 11.1. The molecular formula is C29H34O4. The highest BCUT2D eigenvalue weighted by molar-refractivity contribution is 6.33. The molecule has 0 saturated heterocycles. The minimum atomic E-state index is -0.702. The molecule has 174 valence electrons. The summed E-state index contributed by atoms with van der Waals surface area (Å²) in [5, 5.41) is 0. The van der Waals surface area contributed by atoms with E-state index in [1.165, 1.54) is 5.57 Å². The largest absolute Gasteiger partial charge is 0.455 e. The number of hydrogen-bond acceptors (Lipinski definition) is 4. The molecule has 2 fully saturated rings. The number of carbonyl (C=O) groups is 3. The first-order chi connectivity index (χ1) is 15.8. The topological polar surface area (TPSA) is 60.4 Å². The van der Waals surface area contributed by atoms with E-state index in [0.29, 0.717) is 30.6 Å². The second kappa shape index (κ2) is 8.38. The first-order valence-electron chi connectivity index (χ1n) is 12.5. The first-order valence-corrected chi connectivity index (χ1v) is 12.5. The Kier molecular flexibility index (Phi) is 5.66. The van der Waals surface area contributed by atoms with Crippen LogP contribution in [-0.4, -0.2) is 17.5 Å². The summed E-state index contributed by atoms with van der Waals surface area (Å²) < 4.78 is 5.30. The van der Waals surface area contributed by atoms with E-state index in [9.17, 15) is 14.4 Å². The maximum atomic E-state index is 12.8. The third kappa shape index (κ3) is 3.82. The van der Waals surface area contributed by atoms with Gasteiger partial charge in [0.15, 0.2) is 5.78 Å². The lowest BCUT2D eigenvalue weighted by Gasteiger charge is -2.56. The van der Waals surface area contributed by atoms with Crippen molar-refractivity contribution < 1.29 is 19.1 Å². The highest BCUT2D eigenvalue weighted by Crippen LogP contribution is 2.65. The van der Waals surface area contributed by atoms with Gasteiger partial charge in [-0.05, 0) is 83.8 Å². The molecule has 1 aromatic rings. The fraction of sp³-hybridized carbons (Fsp3) is 0.552. The number of esters is 1. The van der Waals surface area contributed by atoms with Crippen molar-refractivity contribution >= 4 is 17.5 Å². The van der Waals surface area contributed by atoms with E-state index in [1.54, 1.807) is 0 Å². The van der Waals surface area contributed by atoms with Crippen molar-refractivity contribution in [2.75, 3.05) is 0 Å². The van der Waals surface area contributed by atoms with Crippen LogP contribution < -0.4 is 0 Å². The lowest BCUT2D eigenvalue weighted by molar-refractivity contribution is -0.155. The molecule has 0 heterocycles. The van der Waals surface area contributed by atoms with Crippen LogP contribution in [0.4, 0.5) is 0 Å². The van der Waals surface area contributed by atoms with Gasteiger partial charge in [0.05, 0.1) is 0 Å². The zero-order valence-electron chi connectivity index (χ0n) is 19.7. The quantitative estimate of drug-likeness (QED) is 0.435. The number of fused-ring (bicyclic) bond motifs is 5. The predicted molar refractivity (Wildman–Crippen MR) is 126 cm³/mol. The van der Waals surface area contributed by atoms with Gasteiger partial charge in [-0.15, -0.1) is 0 Å². The third-order valence-corrected chi connectivity index (χ3v) is 9.58. The smallest absolute Gasteiger partial charge is 0.374 e. The van der Waals surface area contributed by atoms with Crippen molar-refractivity contribution in [3.63, 3.8) is 0 Å². The van der Waals surface area contributed by atoms with Crippen LogP contribution in [0.1, 0.15) is 64.4 Å². The Morgan fingerprint density at radius 2 is 1.82 bits per heavy atom. The number of hydrogen-bond donors (Lipinski definition) is 0. The normalized spacial score (nSPS) is 36.9. The fourth-order valence-corrected chi connectivity index (χ4v) is 7.55. The van der Waals surface area contributed by atoms with Gasteiger partial charge in [-0.1, -0.05) is 56.3 Å². The Hall–Kier alpha value is -2.49. The van der Waals surface area contributed by atoms with E-state index in [4.69, 9.17) is 4.74 Å². The van der Waals surface area contributed by atoms with Crippen LogP contribution >= 0.6 is 0 Å². The Balaban J connectivity index is 1.27. The maximum absolute atomic E-state index is 12.8. The minimum Gasteiger partial charge on any atom is -0.455 e. The number of allylic oxidation sites excluding steroid dienone is 4. The molecule has 0 aromatic heterocycles. The zero-order valence-corrected chi connectivity index (χ0v) is 19.7. The Morgan fingerprint density at radius 3 is 2.61 bits per heavy atom. The van der Waals surface area contributed by atoms with Crippen LogP contribution in [-0.2, 0) is 25.7 Å². The molecule has 0 aliphatic heterocycles. The Labute approximate surface area is 196 Å². The summed E-state index contributed by atoms with van der Waals surface area (Å²) in [7, 11) is 0. The molecule has 4 aliphatic carbocycles. The molecule has 33 heavy (non-hydrogen) atoms.